The zero-order valence-electron chi connectivity index (χ0n) is 11.8. The van der Waals surface area contributed by atoms with Crippen molar-refractivity contribution in [2.24, 2.45) is 0 Å². The standard InChI is InChI=1S/C12H22N4O4/c1-3-10(18)16-9(5-11(19)14-4-2)6-12(20)15-7-13-8-17/h8-9H,3-7H2,1-2H3,(H,13,17)(H,14,19)(H,15,20)(H,16,18). The van der Waals surface area contributed by atoms with Gasteiger partial charge in [0.15, 0.2) is 0 Å². The Hall–Kier alpha value is -2.12. The topological polar surface area (TPSA) is 116 Å². The largest absolute Gasteiger partial charge is 0.356 e. The molecule has 0 bridgehead atoms. The van der Waals surface area contributed by atoms with E-state index in [4.69, 9.17) is 0 Å². The van der Waals surface area contributed by atoms with Crippen LogP contribution in [0, 0.1) is 0 Å². The minimum Gasteiger partial charge on any atom is -0.356 e. The molecule has 0 aromatic carbocycles. The molecule has 4 amide bonds. The summed E-state index contributed by atoms with van der Waals surface area (Å²) < 4.78 is 0. The summed E-state index contributed by atoms with van der Waals surface area (Å²) in [4.78, 5) is 44.5. The first-order chi connectivity index (χ1) is 9.53. The first-order valence-corrected chi connectivity index (χ1v) is 6.53. The average Bonchev–Trinajstić information content (AvgIpc) is 2.38. The van der Waals surface area contributed by atoms with Gasteiger partial charge in [0.25, 0.3) is 0 Å². The summed E-state index contributed by atoms with van der Waals surface area (Å²) in [7, 11) is 0. The minimum absolute atomic E-state index is 0.0118. The molecule has 0 heterocycles. The Balaban J connectivity index is 4.35. The van der Waals surface area contributed by atoms with E-state index in [1.807, 2.05) is 0 Å². The monoisotopic (exact) mass is 286 g/mol. The van der Waals surface area contributed by atoms with Gasteiger partial charge in [0.1, 0.15) is 0 Å². The molecule has 0 spiro atoms. The molecule has 0 rings (SSSR count). The van der Waals surface area contributed by atoms with Crippen LogP contribution in [0.4, 0.5) is 0 Å². The van der Waals surface area contributed by atoms with Gasteiger partial charge in [-0.25, -0.2) is 0 Å². The molecule has 0 aliphatic carbocycles. The Labute approximate surface area is 118 Å². The molecule has 0 aromatic heterocycles. The van der Waals surface area contributed by atoms with E-state index >= 15 is 0 Å². The molecule has 1 unspecified atom stereocenters. The maximum atomic E-state index is 11.6. The minimum atomic E-state index is -0.565. The Kier molecular flexibility index (Phi) is 9.63. The molecule has 0 aromatic rings. The summed E-state index contributed by atoms with van der Waals surface area (Å²) in [5.74, 6) is -0.809. The second-order valence-electron chi connectivity index (χ2n) is 4.08. The van der Waals surface area contributed by atoms with Crippen LogP contribution < -0.4 is 21.3 Å². The van der Waals surface area contributed by atoms with E-state index in [-0.39, 0.29) is 43.7 Å². The first kappa shape index (κ1) is 17.9. The van der Waals surface area contributed by atoms with Crippen LogP contribution in [0.5, 0.6) is 0 Å². The summed E-state index contributed by atoms with van der Waals surface area (Å²) in [5.41, 5.74) is 0. The van der Waals surface area contributed by atoms with Gasteiger partial charge in [-0.1, -0.05) is 6.92 Å². The zero-order chi connectivity index (χ0) is 15.4. The van der Waals surface area contributed by atoms with Crippen LogP contribution in [-0.2, 0) is 19.2 Å². The molecule has 20 heavy (non-hydrogen) atoms. The molecule has 0 radical (unpaired) electrons. The lowest BCUT2D eigenvalue weighted by Gasteiger charge is -2.17. The molecule has 0 saturated heterocycles. The van der Waals surface area contributed by atoms with Crippen molar-refractivity contribution < 1.29 is 19.2 Å². The van der Waals surface area contributed by atoms with Gasteiger partial charge < -0.3 is 21.3 Å². The maximum absolute atomic E-state index is 11.6. The second kappa shape index (κ2) is 10.8. The highest BCUT2D eigenvalue weighted by atomic mass is 16.2. The van der Waals surface area contributed by atoms with Gasteiger partial charge in [0, 0.05) is 31.8 Å². The van der Waals surface area contributed by atoms with Gasteiger partial charge in [-0.3, -0.25) is 19.2 Å². The molecule has 8 nitrogen and oxygen atoms in total. The Bertz CT molecular complexity index is 346. The zero-order valence-corrected chi connectivity index (χ0v) is 11.8. The SMILES string of the molecule is CCNC(=O)CC(CC(=O)NCNC=O)NC(=O)CC. The highest BCUT2D eigenvalue weighted by Crippen LogP contribution is 2.00. The molecule has 8 heteroatoms. The van der Waals surface area contributed by atoms with Crippen molar-refractivity contribution in [2.75, 3.05) is 13.2 Å². The number of carbonyl (C=O) groups is 4. The highest BCUT2D eigenvalue weighted by molar-refractivity contribution is 5.82. The molecule has 1 atom stereocenters. The van der Waals surface area contributed by atoms with E-state index in [0.29, 0.717) is 13.0 Å². The van der Waals surface area contributed by atoms with Crippen molar-refractivity contribution in [2.45, 2.75) is 39.2 Å². The number of nitrogens with one attached hydrogen (secondary N) is 4. The number of hydrogen-bond donors (Lipinski definition) is 4. The van der Waals surface area contributed by atoms with Gasteiger partial charge >= 0.3 is 0 Å². The summed E-state index contributed by atoms with van der Waals surface area (Å²) in [6, 6.07) is -0.565. The summed E-state index contributed by atoms with van der Waals surface area (Å²) in [5, 5.41) is 9.97. The van der Waals surface area contributed by atoms with Crippen LogP contribution in [0.25, 0.3) is 0 Å². The van der Waals surface area contributed by atoms with E-state index in [1.54, 1.807) is 13.8 Å². The maximum Gasteiger partial charge on any atom is 0.223 e. The van der Waals surface area contributed by atoms with Crippen LogP contribution >= 0.6 is 0 Å². The van der Waals surface area contributed by atoms with E-state index in [0.717, 1.165) is 0 Å². The summed E-state index contributed by atoms with van der Waals surface area (Å²) >= 11 is 0. The predicted molar refractivity (Wildman–Crippen MR) is 72.3 cm³/mol. The van der Waals surface area contributed by atoms with Gasteiger partial charge in [0.05, 0.1) is 6.67 Å². The van der Waals surface area contributed by atoms with E-state index in [9.17, 15) is 19.2 Å². The predicted octanol–water partition coefficient (Wildman–Crippen LogP) is -1.38. The van der Waals surface area contributed by atoms with Crippen LogP contribution in [0.2, 0.25) is 0 Å². The number of carbonyl (C=O) groups excluding carboxylic acids is 4. The molecule has 0 aliphatic rings. The fourth-order valence-electron chi connectivity index (χ4n) is 1.48. The molecule has 0 fully saturated rings. The number of amides is 4. The molecule has 0 aliphatic heterocycles. The van der Waals surface area contributed by atoms with Crippen LogP contribution in [0.1, 0.15) is 33.1 Å². The lowest BCUT2D eigenvalue weighted by molar-refractivity contribution is -0.125. The normalized spacial score (nSPS) is 11.1. The average molecular weight is 286 g/mol. The van der Waals surface area contributed by atoms with Crippen molar-refractivity contribution in [3.8, 4) is 0 Å². The van der Waals surface area contributed by atoms with E-state index in [2.05, 4.69) is 21.3 Å². The lowest BCUT2D eigenvalue weighted by atomic mass is 10.1. The lowest BCUT2D eigenvalue weighted by Crippen LogP contribution is -2.43. The molecular formula is C12H22N4O4. The first-order valence-electron chi connectivity index (χ1n) is 6.53. The second-order valence-corrected chi connectivity index (χ2v) is 4.08. The van der Waals surface area contributed by atoms with Gasteiger partial charge in [-0.05, 0) is 6.92 Å². The third-order valence-electron chi connectivity index (χ3n) is 2.39. The summed E-state index contributed by atoms with van der Waals surface area (Å²) in [6.45, 7) is 3.97. The van der Waals surface area contributed by atoms with Gasteiger partial charge in [-0.2, -0.15) is 0 Å². The summed E-state index contributed by atoms with van der Waals surface area (Å²) in [6.07, 6.45) is 0.753. The Morgan fingerprint density at radius 2 is 1.60 bits per heavy atom. The molecule has 0 saturated carbocycles. The third kappa shape index (κ3) is 8.90. The van der Waals surface area contributed by atoms with Crippen molar-refractivity contribution >= 4 is 24.1 Å². The Morgan fingerprint density at radius 1 is 1.00 bits per heavy atom. The van der Waals surface area contributed by atoms with Crippen LogP contribution in [-0.4, -0.2) is 43.4 Å². The van der Waals surface area contributed by atoms with E-state index < -0.39 is 6.04 Å². The fraction of sp³-hybridized carbons (Fsp3) is 0.667. The quantitative estimate of drug-likeness (QED) is 0.225. The highest BCUT2D eigenvalue weighted by Gasteiger charge is 2.18. The van der Waals surface area contributed by atoms with Crippen molar-refractivity contribution in [3.63, 3.8) is 0 Å². The van der Waals surface area contributed by atoms with Crippen LogP contribution in [0.15, 0.2) is 0 Å². The Morgan fingerprint density at radius 3 is 2.10 bits per heavy atom. The van der Waals surface area contributed by atoms with E-state index in [1.165, 1.54) is 0 Å². The third-order valence-corrected chi connectivity index (χ3v) is 2.39. The van der Waals surface area contributed by atoms with Crippen molar-refractivity contribution in [1.29, 1.82) is 0 Å². The van der Waals surface area contributed by atoms with Crippen LogP contribution in [0.3, 0.4) is 0 Å². The van der Waals surface area contributed by atoms with Gasteiger partial charge in [-0.15, -0.1) is 0 Å². The molecule has 4 N–H and O–H groups in total. The van der Waals surface area contributed by atoms with Gasteiger partial charge in [0.2, 0.25) is 24.1 Å². The number of rotatable bonds is 10. The molecule has 114 valence electrons. The van der Waals surface area contributed by atoms with Crippen molar-refractivity contribution in [3.05, 3.63) is 0 Å². The number of hydrogen-bond acceptors (Lipinski definition) is 4. The van der Waals surface area contributed by atoms with Crippen molar-refractivity contribution in [1.82, 2.24) is 21.3 Å². The fourth-order valence-corrected chi connectivity index (χ4v) is 1.48. The molecular weight excluding hydrogens is 264 g/mol. The smallest absolute Gasteiger partial charge is 0.223 e.